The number of urea groups is 1. The maximum atomic E-state index is 13.4. The average Bonchev–Trinajstić information content (AvgIpc) is 3.19. The van der Waals surface area contributed by atoms with E-state index >= 15 is 0 Å². The lowest BCUT2D eigenvalue weighted by molar-refractivity contribution is 0.0803. The third-order valence-electron chi connectivity index (χ3n) is 9.44. The maximum Gasteiger partial charge on any atom is 0.324 e. The van der Waals surface area contributed by atoms with Gasteiger partial charge in [0.05, 0.1) is 24.2 Å². The molecular formula is C43H50N10O4. The van der Waals surface area contributed by atoms with Crippen molar-refractivity contribution in [3.05, 3.63) is 120 Å². The number of allylic oxidation sites excluding steroid dienone is 1. The smallest absolute Gasteiger partial charge is 0.324 e. The largest absolute Gasteiger partial charge is 0.488 e. The van der Waals surface area contributed by atoms with Gasteiger partial charge >= 0.3 is 6.03 Å². The van der Waals surface area contributed by atoms with Crippen LogP contribution in [0.3, 0.4) is 0 Å². The van der Waals surface area contributed by atoms with E-state index < -0.39 is 11.4 Å². The van der Waals surface area contributed by atoms with Crippen molar-refractivity contribution in [2.45, 2.75) is 53.2 Å². The molecular weight excluding hydrogens is 721 g/mol. The maximum absolute atomic E-state index is 13.4. The summed E-state index contributed by atoms with van der Waals surface area (Å²) in [6.07, 6.45) is 7.50. The Balaban J connectivity index is 1.05. The molecule has 0 bridgehead atoms. The van der Waals surface area contributed by atoms with Crippen LogP contribution in [0.25, 0.3) is 10.8 Å². The quantitative estimate of drug-likeness (QED) is 0.0580. The first-order valence-electron chi connectivity index (χ1n) is 19.0. The van der Waals surface area contributed by atoms with Crippen LogP contribution in [0.1, 0.15) is 55.2 Å². The molecule has 2 aromatic heterocycles. The molecule has 296 valence electrons. The lowest BCUT2D eigenvalue weighted by Crippen LogP contribution is -2.40. The number of aliphatic hydroxyl groups is 1. The van der Waals surface area contributed by atoms with Gasteiger partial charge in [-0.05, 0) is 61.7 Å². The second-order valence-corrected chi connectivity index (χ2v) is 15.0. The number of aromatic nitrogens is 3. The summed E-state index contributed by atoms with van der Waals surface area (Å²) in [5.74, 6) is 1.68. The minimum Gasteiger partial charge on any atom is -0.488 e. The van der Waals surface area contributed by atoms with E-state index in [0.29, 0.717) is 47.7 Å². The Morgan fingerprint density at radius 2 is 1.68 bits per heavy atom. The fourth-order valence-corrected chi connectivity index (χ4v) is 6.03. The molecule has 3 aromatic carbocycles. The fourth-order valence-electron chi connectivity index (χ4n) is 6.03. The number of nitrogens with zero attached hydrogens (tertiary/aromatic N) is 4. The van der Waals surface area contributed by atoms with Crippen molar-refractivity contribution in [2.24, 2.45) is 5.41 Å². The molecule has 1 saturated heterocycles. The first kappa shape index (κ1) is 40.3. The number of hydrogen-bond acceptors (Lipinski definition) is 11. The molecule has 0 spiro atoms. The van der Waals surface area contributed by atoms with E-state index in [1.807, 2.05) is 94.4 Å². The molecule has 0 unspecified atom stereocenters. The summed E-state index contributed by atoms with van der Waals surface area (Å²) >= 11 is 0. The number of hydrogen-bond donors (Lipinski definition) is 7. The van der Waals surface area contributed by atoms with E-state index in [-0.39, 0.29) is 24.3 Å². The van der Waals surface area contributed by atoms with Gasteiger partial charge in [0.2, 0.25) is 0 Å². The van der Waals surface area contributed by atoms with Crippen molar-refractivity contribution in [2.75, 3.05) is 42.1 Å². The van der Waals surface area contributed by atoms with Crippen molar-refractivity contribution in [1.29, 1.82) is 5.41 Å². The van der Waals surface area contributed by atoms with Gasteiger partial charge in [-0.2, -0.15) is 0 Å². The van der Waals surface area contributed by atoms with Crippen molar-refractivity contribution in [3.63, 3.8) is 0 Å². The Bertz CT molecular complexity index is 2210. The number of carbonyl (C=O) groups excluding carboxylic acids is 2. The van der Waals surface area contributed by atoms with Gasteiger partial charge in [0.15, 0.2) is 0 Å². The van der Waals surface area contributed by atoms with Crippen molar-refractivity contribution in [3.8, 4) is 5.75 Å². The average molecular weight is 771 g/mol. The van der Waals surface area contributed by atoms with Crippen LogP contribution >= 0.6 is 0 Å². The van der Waals surface area contributed by atoms with Crippen LogP contribution in [0.2, 0.25) is 0 Å². The molecule has 14 heteroatoms. The Kier molecular flexibility index (Phi) is 13.1. The summed E-state index contributed by atoms with van der Waals surface area (Å²) in [6, 6.07) is 22.3. The monoisotopic (exact) mass is 770 g/mol. The van der Waals surface area contributed by atoms with Crippen LogP contribution in [-0.2, 0) is 6.61 Å². The Morgan fingerprint density at radius 1 is 0.930 bits per heavy atom. The molecule has 0 saturated carbocycles. The van der Waals surface area contributed by atoms with E-state index in [4.69, 9.17) is 10.1 Å². The summed E-state index contributed by atoms with van der Waals surface area (Å²) in [5.41, 5.74) is 3.50. The van der Waals surface area contributed by atoms with Crippen LogP contribution in [-0.4, -0.2) is 74.9 Å². The molecule has 7 N–H and O–H groups in total. The van der Waals surface area contributed by atoms with Crippen LogP contribution in [0, 0.1) is 17.7 Å². The van der Waals surface area contributed by atoms with Crippen molar-refractivity contribution in [1.82, 2.24) is 30.5 Å². The highest BCUT2D eigenvalue weighted by molar-refractivity contribution is 6.05. The standard InChI is InChI=1S/C43H50N10O4/c1-28-9-11-30(12-10-28)49-39(24-37(44)43(2,3)4)52-42(56)50-34-13-14-36(33-8-6-5-7-32(33)34)57-27-29-15-18-45-38(23-29)51-40-26-47-35(25-48-40)41(55)46-19-22-53-20-16-31(54)17-21-53/h5-15,18,23-26,31,44,49,54H,16-17,19-22,27H2,1-4H3,(H,46,55)(H,45,48,51)(H2,50,52,56)/b39-24+,44-37?. The molecule has 1 aliphatic rings. The molecule has 5 aromatic rings. The summed E-state index contributed by atoms with van der Waals surface area (Å²) in [4.78, 5) is 41.2. The van der Waals surface area contributed by atoms with Crippen LogP contribution < -0.4 is 31.3 Å². The molecule has 0 aliphatic carbocycles. The highest BCUT2D eigenvalue weighted by atomic mass is 16.5. The number of fused-ring (bicyclic) bond motifs is 1. The lowest BCUT2D eigenvalue weighted by Gasteiger charge is -2.29. The van der Waals surface area contributed by atoms with Gasteiger partial charge < -0.3 is 41.4 Å². The molecule has 6 rings (SSSR count). The molecule has 0 atom stereocenters. The second-order valence-electron chi connectivity index (χ2n) is 15.0. The first-order chi connectivity index (χ1) is 27.4. The van der Waals surface area contributed by atoms with Gasteiger partial charge in [0.25, 0.3) is 5.91 Å². The van der Waals surface area contributed by atoms with Gasteiger partial charge in [-0.25, -0.2) is 19.7 Å². The number of aryl methyl sites for hydroxylation is 1. The Morgan fingerprint density at radius 3 is 2.40 bits per heavy atom. The van der Waals surface area contributed by atoms with E-state index in [0.717, 1.165) is 53.5 Å². The third-order valence-corrected chi connectivity index (χ3v) is 9.44. The summed E-state index contributed by atoms with van der Waals surface area (Å²) in [6.45, 7) is 10.9. The van der Waals surface area contributed by atoms with Crippen LogP contribution in [0.15, 0.2) is 103 Å². The number of amides is 3. The zero-order chi connectivity index (χ0) is 40.4. The number of pyridine rings is 1. The van der Waals surface area contributed by atoms with E-state index in [2.05, 4.69) is 46.4 Å². The van der Waals surface area contributed by atoms with Crippen LogP contribution in [0.4, 0.5) is 27.8 Å². The van der Waals surface area contributed by atoms with Crippen molar-refractivity contribution < 1.29 is 19.4 Å². The minimum absolute atomic E-state index is 0.216. The normalized spacial score (nSPS) is 13.8. The second kappa shape index (κ2) is 18.5. The number of carbonyl (C=O) groups is 2. The lowest BCUT2D eigenvalue weighted by atomic mass is 9.90. The molecule has 1 aliphatic heterocycles. The van der Waals surface area contributed by atoms with Gasteiger partial charge in [0.1, 0.15) is 35.5 Å². The van der Waals surface area contributed by atoms with Gasteiger partial charge in [-0.3, -0.25) is 10.1 Å². The molecule has 3 amide bonds. The Hall–Kier alpha value is -6.38. The number of aliphatic hydroxyl groups excluding tert-OH is 1. The predicted octanol–water partition coefficient (Wildman–Crippen LogP) is 6.98. The van der Waals surface area contributed by atoms with Crippen LogP contribution in [0.5, 0.6) is 5.75 Å². The summed E-state index contributed by atoms with van der Waals surface area (Å²) in [7, 11) is 0. The molecule has 0 radical (unpaired) electrons. The summed E-state index contributed by atoms with van der Waals surface area (Å²) < 4.78 is 6.29. The molecule has 3 heterocycles. The minimum atomic E-state index is -0.466. The molecule has 57 heavy (non-hydrogen) atoms. The predicted molar refractivity (Wildman–Crippen MR) is 224 cm³/mol. The SMILES string of the molecule is Cc1ccc(N/C(=C\C(=N)C(C)(C)C)NC(=O)Nc2ccc(OCc3ccnc(Nc4cnc(C(=O)NCCN5CCC(O)CC5)cn4)c3)c3ccccc23)cc1. The van der Waals surface area contributed by atoms with Crippen molar-refractivity contribution >= 4 is 51.4 Å². The zero-order valence-electron chi connectivity index (χ0n) is 32.7. The number of benzene rings is 3. The number of ether oxygens (including phenoxy) is 1. The number of piperidine rings is 1. The van der Waals surface area contributed by atoms with Gasteiger partial charge in [0, 0.05) is 66.0 Å². The number of anilines is 4. The Labute approximate surface area is 332 Å². The number of likely N-dealkylation sites (tertiary alicyclic amines) is 1. The molecule has 1 fully saturated rings. The van der Waals surface area contributed by atoms with Gasteiger partial charge in [-0.15, -0.1) is 0 Å². The van der Waals surface area contributed by atoms with E-state index in [1.165, 1.54) is 12.4 Å². The zero-order valence-corrected chi connectivity index (χ0v) is 32.7. The third kappa shape index (κ3) is 11.6. The highest BCUT2D eigenvalue weighted by Crippen LogP contribution is 2.32. The first-order valence-corrected chi connectivity index (χ1v) is 19.0. The number of nitrogens with one attached hydrogen (secondary N) is 6. The van der Waals surface area contributed by atoms with E-state index in [1.54, 1.807) is 18.3 Å². The fraction of sp³-hybridized carbons (Fsp3) is 0.302. The molecule has 14 nitrogen and oxygen atoms in total. The topological polar surface area (TPSA) is 190 Å². The summed E-state index contributed by atoms with van der Waals surface area (Å²) in [5, 5.41) is 35.0. The number of rotatable bonds is 14. The highest BCUT2D eigenvalue weighted by Gasteiger charge is 2.19. The van der Waals surface area contributed by atoms with Gasteiger partial charge in [-0.1, -0.05) is 62.7 Å². The van der Waals surface area contributed by atoms with E-state index in [9.17, 15) is 14.7 Å².